The number of hydrogen-bond donors (Lipinski definition) is 2. The average molecular weight is 333 g/mol. The highest BCUT2D eigenvalue weighted by Crippen LogP contribution is 2.35. The Kier molecular flexibility index (Phi) is 6.07. The van der Waals surface area contributed by atoms with Crippen molar-refractivity contribution in [3.8, 4) is 11.5 Å². The lowest BCUT2D eigenvalue weighted by atomic mass is 10.1. The summed E-state index contributed by atoms with van der Waals surface area (Å²) in [7, 11) is 3.11. The number of benzene rings is 1. The predicted octanol–water partition coefficient (Wildman–Crippen LogP) is 0.968. The largest absolute Gasteiger partial charge is 0.496 e. The average Bonchev–Trinajstić information content (AvgIpc) is 2.37. The summed E-state index contributed by atoms with van der Waals surface area (Å²) in [5.74, 6) is 0.719. The summed E-state index contributed by atoms with van der Waals surface area (Å²) in [5, 5.41) is 0. The van der Waals surface area contributed by atoms with E-state index in [0.717, 1.165) is 10.0 Å². The van der Waals surface area contributed by atoms with Crippen LogP contribution in [0.4, 0.5) is 0 Å². The third-order valence-electron chi connectivity index (χ3n) is 2.45. The minimum atomic E-state index is -0.535. The zero-order valence-corrected chi connectivity index (χ0v) is 12.4. The first kappa shape index (κ1) is 15.7. The van der Waals surface area contributed by atoms with Crippen LogP contribution in [-0.4, -0.2) is 33.3 Å². The van der Waals surface area contributed by atoms with Crippen molar-refractivity contribution >= 4 is 21.8 Å². The molecule has 0 aliphatic carbocycles. The van der Waals surface area contributed by atoms with Gasteiger partial charge in [0.2, 0.25) is 5.91 Å². The Morgan fingerprint density at radius 1 is 1.32 bits per heavy atom. The zero-order valence-electron chi connectivity index (χ0n) is 10.8. The number of methoxy groups -OCH3 is 2. The van der Waals surface area contributed by atoms with E-state index in [1.165, 1.54) is 0 Å². The van der Waals surface area contributed by atoms with Crippen LogP contribution in [0.25, 0.3) is 0 Å². The van der Waals surface area contributed by atoms with E-state index >= 15 is 0 Å². The molecule has 0 fully saturated rings. The first-order chi connectivity index (χ1) is 8.99. The number of hydrogen-bond acceptors (Lipinski definition) is 5. The van der Waals surface area contributed by atoms with Gasteiger partial charge in [-0.3, -0.25) is 4.79 Å². The molecule has 0 saturated heterocycles. The number of primary amides is 1. The number of rotatable bonds is 7. The molecule has 7 heteroatoms. The number of carbonyl (C=O) groups excluding carboxylic acids is 1. The van der Waals surface area contributed by atoms with E-state index < -0.39 is 11.9 Å². The van der Waals surface area contributed by atoms with Gasteiger partial charge in [-0.05, 0) is 28.1 Å². The van der Waals surface area contributed by atoms with Crippen molar-refractivity contribution in [2.45, 2.75) is 6.04 Å². The molecule has 0 bridgehead atoms. The van der Waals surface area contributed by atoms with Crippen LogP contribution in [0.2, 0.25) is 0 Å². The fourth-order valence-electron chi connectivity index (χ4n) is 1.55. The van der Waals surface area contributed by atoms with Gasteiger partial charge in [0, 0.05) is 5.56 Å². The number of halogens is 1. The Balaban J connectivity index is 2.87. The second kappa shape index (κ2) is 7.32. The topological polar surface area (TPSA) is 96.8 Å². The second-order valence-electron chi connectivity index (χ2n) is 3.82. The Labute approximate surface area is 120 Å². The van der Waals surface area contributed by atoms with Crippen molar-refractivity contribution in [1.29, 1.82) is 0 Å². The Hall–Kier alpha value is -1.31. The molecule has 6 nitrogen and oxygen atoms in total. The lowest BCUT2D eigenvalue weighted by molar-refractivity contribution is -0.122. The van der Waals surface area contributed by atoms with Gasteiger partial charge < -0.3 is 25.7 Å². The molecule has 1 amide bonds. The van der Waals surface area contributed by atoms with Crippen LogP contribution in [-0.2, 0) is 9.53 Å². The summed E-state index contributed by atoms with van der Waals surface area (Å²) >= 11 is 3.36. The monoisotopic (exact) mass is 332 g/mol. The van der Waals surface area contributed by atoms with Crippen LogP contribution in [0.5, 0.6) is 11.5 Å². The molecular weight excluding hydrogens is 316 g/mol. The lowest BCUT2D eigenvalue weighted by Crippen LogP contribution is -2.23. The van der Waals surface area contributed by atoms with Crippen molar-refractivity contribution < 1.29 is 19.0 Å². The van der Waals surface area contributed by atoms with Gasteiger partial charge in [-0.1, -0.05) is 0 Å². The summed E-state index contributed by atoms with van der Waals surface area (Å²) in [5.41, 5.74) is 11.7. The molecule has 0 radical (unpaired) electrons. The fourth-order valence-corrected chi connectivity index (χ4v) is 2.03. The van der Waals surface area contributed by atoms with Crippen molar-refractivity contribution in [3.63, 3.8) is 0 Å². The van der Waals surface area contributed by atoms with E-state index in [0.29, 0.717) is 11.5 Å². The molecule has 1 rings (SSSR count). The first-order valence-electron chi connectivity index (χ1n) is 5.52. The van der Waals surface area contributed by atoms with Crippen molar-refractivity contribution in [2.24, 2.45) is 11.5 Å². The van der Waals surface area contributed by atoms with Gasteiger partial charge in [0.1, 0.15) is 18.1 Å². The number of nitrogens with two attached hydrogens (primary N) is 2. The quantitative estimate of drug-likeness (QED) is 0.775. The molecule has 1 atom stereocenters. The molecule has 0 aliphatic rings. The molecule has 0 aromatic heterocycles. The van der Waals surface area contributed by atoms with Crippen molar-refractivity contribution in [1.82, 2.24) is 0 Å². The fraction of sp³-hybridized carbons (Fsp3) is 0.417. The molecule has 0 heterocycles. The van der Waals surface area contributed by atoms with Crippen LogP contribution < -0.4 is 20.9 Å². The maximum atomic E-state index is 10.6. The van der Waals surface area contributed by atoms with Gasteiger partial charge >= 0.3 is 0 Å². The Morgan fingerprint density at radius 2 is 1.95 bits per heavy atom. The summed E-state index contributed by atoms with van der Waals surface area (Å²) in [6.45, 7) is -0.00619. The van der Waals surface area contributed by atoms with Gasteiger partial charge in [-0.15, -0.1) is 0 Å². The number of ether oxygens (including phenoxy) is 3. The van der Waals surface area contributed by atoms with Crippen LogP contribution in [0.15, 0.2) is 16.6 Å². The second-order valence-corrected chi connectivity index (χ2v) is 4.67. The summed E-state index contributed by atoms with van der Waals surface area (Å²) in [4.78, 5) is 10.6. The van der Waals surface area contributed by atoms with E-state index in [4.69, 9.17) is 25.7 Å². The molecule has 1 aromatic rings. The van der Waals surface area contributed by atoms with Gasteiger partial charge in [-0.25, -0.2) is 0 Å². The highest BCUT2D eigenvalue weighted by molar-refractivity contribution is 9.10. The molecule has 1 unspecified atom stereocenters. The Morgan fingerprint density at radius 3 is 2.47 bits per heavy atom. The number of amides is 1. The van der Waals surface area contributed by atoms with Crippen LogP contribution in [0.3, 0.4) is 0 Å². The standard InChI is InChI=1S/C12H17BrN2O4/c1-17-10-4-8(13)11(18-2)3-7(10)9(14)5-19-6-12(15)16/h3-4,9H,5-6,14H2,1-2H3,(H2,15,16). The molecule has 19 heavy (non-hydrogen) atoms. The Bertz CT molecular complexity index is 454. The summed E-state index contributed by atoms with van der Waals surface area (Å²) < 4.78 is 16.3. The van der Waals surface area contributed by atoms with Gasteiger partial charge in [0.25, 0.3) is 0 Å². The third kappa shape index (κ3) is 4.38. The number of carbonyl (C=O) groups is 1. The van der Waals surface area contributed by atoms with E-state index in [1.807, 2.05) is 0 Å². The van der Waals surface area contributed by atoms with Crippen molar-refractivity contribution in [3.05, 3.63) is 22.2 Å². The maximum Gasteiger partial charge on any atom is 0.243 e. The van der Waals surface area contributed by atoms with Crippen LogP contribution in [0.1, 0.15) is 11.6 Å². The highest BCUT2D eigenvalue weighted by atomic mass is 79.9. The molecular formula is C12H17BrN2O4. The zero-order chi connectivity index (χ0) is 14.4. The van der Waals surface area contributed by atoms with Crippen molar-refractivity contribution in [2.75, 3.05) is 27.4 Å². The lowest BCUT2D eigenvalue weighted by Gasteiger charge is -2.17. The van der Waals surface area contributed by atoms with Gasteiger partial charge in [0.05, 0.1) is 31.3 Å². The molecule has 0 aliphatic heterocycles. The molecule has 106 valence electrons. The van der Waals surface area contributed by atoms with Crippen LogP contribution in [0, 0.1) is 0 Å². The molecule has 0 spiro atoms. The normalized spacial score (nSPS) is 12.0. The van der Waals surface area contributed by atoms with Gasteiger partial charge in [0.15, 0.2) is 0 Å². The summed E-state index contributed by atoms with van der Waals surface area (Å²) in [6, 6.07) is 3.08. The molecule has 1 aromatic carbocycles. The van der Waals surface area contributed by atoms with E-state index in [9.17, 15) is 4.79 Å². The third-order valence-corrected chi connectivity index (χ3v) is 3.07. The minimum absolute atomic E-state index is 0.157. The molecule has 0 saturated carbocycles. The van der Waals surface area contributed by atoms with Crippen LogP contribution >= 0.6 is 15.9 Å². The summed E-state index contributed by atoms with van der Waals surface area (Å²) in [6.07, 6.45) is 0. The minimum Gasteiger partial charge on any atom is -0.496 e. The van der Waals surface area contributed by atoms with E-state index in [2.05, 4.69) is 15.9 Å². The SMILES string of the molecule is COc1cc(C(N)COCC(N)=O)c(OC)cc1Br. The van der Waals surface area contributed by atoms with E-state index in [-0.39, 0.29) is 13.2 Å². The molecule has 4 N–H and O–H groups in total. The first-order valence-corrected chi connectivity index (χ1v) is 6.32. The maximum absolute atomic E-state index is 10.6. The highest BCUT2D eigenvalue weighted by Gasteiger charge is 2.16. The van der Waals surface area contributed by atoms with E-state index in [1.54, 1.807) is 26.4 Å². The smallest absolute Gasteiger partial charge is 0.243 e. The predicted molar refractivity (Wildman–Crippen MR) is 74.2 cm³/mol. The van der Waals surface area contributed by atoms with Gasteiger partial charge in [-0.2, -0.15) is 0 Å².